The maximum absolute atomic E-state index is 11.3. The number of hydrogen-bond donors (Lipinski definition) is 0. The van der Waals surface area contributed by atoms with Gasteiger partial charge in [-0.2, -0.15) is 4.31 Å². The van der Waals surface area contributed by atoms with Crippen molar-refractivity contribution >= 4 is 11.3 Å². The molecule has 0 aromatic heterocycles. The summed E-state index contributed by atoms with van der Waals surface area (Å²) < 4.78 is 18.0. The second kappa shape index (κ2) is 4.70. The molecule has 1 aliphatic heterocycles. The molecule has 1 rings (SSSR count). The Hall–Kier alpha value is 0.0300. The van der Waals surface area contributed by atoms with Crippen molar-refractivity contribution in [1.29, 1.82) is 0 Å². The van der Waals surface area contributed by atoms with Gasteiger partial charge in [-0.15, -0.1) is 0 Å². The molecule has 0 aromatic rings. The van der Waals surface area contributed by atoms with Crippen molar-refractivity contribution in [1.82, 2.24) is 9.21 Å². The predicted molar refractivity (Wildman–Crippen MR) is 58.1 cm³/mol. The van der Waals surface area contributed by atoms with E-state index in [0.717, 1.165) is 26.2 Å². The van der Waals surface area contributed by atoms with Crippen LogP contribution in [0.15, 0.2) is 0 Å². The highest BCUT2D eigenvalue weighted by Gasteiger charge is 2.27. The van der Waals surface area contributed by atoms with E-state index in [9.17, 15) is 4.21 Å². The minimum Gasteiger partial charge on any atom is -0.296 e. The fraction of sp³-hybridized carbons (Fsp3) is 1.00. The minimum atomic E-state index is -1.25. The van der Waals surface area contributed by atoms with Crippen LogP contribution in [0.25, 0.3) is 0 Å². The second-order valence-corrected chi connectivity index (χ2v) is 5.75. The summed E-state index contributed by atoms with van der Waals surface area (Å²) in [5, 5.41) is 0. The summed E-state index contributed by atoms with van der Waals surface area (Å²) in [6.45, 7) is 10.2. The largest absolute Gasteiger partial charge is 0.296 e. The van der Waals surface area contributed by atoms with Gasteiger partial charge in [-0.3, -0.25) is 9.08 Å². The third kappa shape index (κ3) is 3.02. The first-order valence-electron chi connectivity index (χ1n) is 4.91. The van der Waals surface area contributed by atoms with E-state index in [4.69, 9.17) is 4.18 Å². The van der Waals surface area contributed by atoms with Gasteiger partial charge in [-0.1, -0.05) is 0 Å². The summed E-state index contributed by atoms with van der Waals surface area (Å²) in [5.41, 5.74) is 0.209. The first-order valence-corrected chi connectivity index (χ1v) is 5.94. The van der Waals surface area contributed by atoms with Crippen molar-refractivity contribution < 1.29 is 8.39 Å². The lowest BCUT2D eigenvalue weighted by atomic mass is 10.1. The fourth-order valence-electron chi connectivity index (χ4n) is 1.61. The Bertz CT molecular complexity index is 207. The monoisotopic (exact) mass is 220 g/mol. The molecule has 1 atom stereocenters. The van der Waals surface area contributed by atoms with Gasteiger partial charge in [0.15, 0.2) is 0 Å². The molecule has 0 amide bonds. The van der Waals surface area contributed by atoms with Gasteiger partial charge in [0.25, 0.3) is 0 Å². The van der Waals surface area contributed by atoms with E-state index in [1.807, 2.05) is 4.31 Å². The van der Waals surface area contributed by atoms with E-state index >= 15 is 0 Å². The van der Waals surface area contributed by atoms with Crippen LogP contribution in [-0.4, -0.2) is 52.2 Å². The van der Waals surface area contributed by atoms with Gasteiger partial charge in [0.05, 0.1) is 7.11 Å². The van der Waals surface area contributed by atoms with E-state index in [0.29, 0.717) is 0 Å². The SMILES string of the molecule is COS(=O)N1CCN(C(C)(C)C)CC1. The summed E-state index contributed by atoms with van der Waals surface area (Å²) in [6, 6.07) is 0. The van der Waals surface area contributed by atoms with E-state index < -0.39 is 11.3 Å². The number of piperazine rings is 1. The highest BCUT2D eigenvalue weighted by Crippen LogP contribution is 2.16. The molecule has 1 unspecified atom stereocenters. The van der Waals surface area contributed by atoms with Crippen molar-refractivity contribution in [3.8, 4) is 0 Å². The minimum absolute atomic E-state index is 0.209. The Morgan fingerprint density at radius 1 is 1.14 bits per heavy atom. The van der Waals surface area contributed by atoms with Crippen LogP contribution in [0.3, 0.4) is 0 Å². The van der Waals surface area contributed by atoms with Crippen LogP contribution in [0.1, 0.15) is 20.8 Å². The normalized spacial score (nSPS) is 23.7. The lowest BCUT2D eigenvalue weighted by molar-refractivity contribution is 0.0909. The third-order valence-electron chi connectivity index (χ3n) is 2.54. The van der Waals surface area contributed by atoms with Gasteiger partial charge in [-0.05, 0) is 20.8 Å². The zero-order valence-electron chi connectivity index (χ0n) is 9.45. The summed E-state index contributed by atoms with van der Waals surface area (Å²) in [6.07, 6.45) is 0. The quantitative estimate of drug-likeness (QED) is 0.684. The summed E-state index contributed by atoms with van der Waals surface area (Å²) in [7, 11) is 1.48. The van der Waals surface area contributed by atoms with Gasteiger partial charge in [0.1, 0.15) is 0 Å². The second-order valence-electron chi connectivity index (χ2n) is 4.47. The Morgan fingerprint density at radius 2 is 1.64 bits per heavy atom. The van der Waals surface area contributed by atoms with Gasteiger partial charge in [0, 0.05) is 31.7 Å². The van der Waals surface area contributed by atoms with Crippen molar-refractivity contribution in [3.63, 3.8) is 0 Å². The predicted octanol–water partition coefficient (Wildman–Crippen LogP) is 0.628. The molecule has 4 nitrogen and oxygen atoms in total. The number of rotatable bonds is 2. The molecule has 84 valence electrons. The Kier molecular flexibility index (Phi) is 4.06. The molecular weight excluding hydrogens is 200 g/mol. The molecule has 0 radical (unpaired) electrons. The molecule has 0 bridgehead atoms. The van der Waals surface area contributed by atoms with Crippen molar-refractivity contribution in [2.45, 2.75) is 26.3 Å². The molecule has 1 heterocycles. The zero-order valence-corrected chi connectivity index (χ0v) is 10.3. The molecule has 5 heteroatoms. The lowest BCUT2D eigenvalue weighted by Crippen LogP contribution is -2.53. The smallest absolute Gasteiger partial charge is 0.236 e. The van der Waals surface area contributed by atoms with Crippen LogP contribution in [0.2, 0.25) is 0 Å². The third-order valence-corrected chi connectivity index (χ3v) is 3.61. The summed E-state index contributed by atoms with van der Waals surface area (Å²) in [4.78, 5) is 2.40. The van der Waals surface area contributed by atoms with Crippen molar-refractivity contribution in [2.24, 2.45) is 0 Å². The van der Waals surface area contributed by atoms with E-state index in [2.05, 4.69) is 25.7 Å². The zero-order chi connectivity index (χ0) is 10.8. The molecule has 0 spiro atoms. The highest BCUT2D eigenvalue weighted by atomic mass is 32.2. The van der Waals surface area contributed by atoms with Gasteiger partial charge in [-0.25, -0.2) is 4.21 Å². The van der Waals surface area contributed by atoms with E-state index in [1.165, 1.54) is 7.11 Å². The Labute approximate surface area is 89.0 Å². The first-order chi connectivity index (χ1) is 6.45. The van der Waals surface area contributed by atoms with Crippen LogP contribution >= 0.6 is 0 Å². The Balaban J connectivity index is 2.43. The molecular formula is C9H20N2O2S. The molecule has 1 saturated heterocycles. The maximum atomic E-state index is 11.3. The lowest BCUT2D eigenvalue weighted by Gasteiger charge is -2.41. The van der Waals surface area contributed by atoms with Crippen molar-refractivity contribution in [2.75, 3.05) is 33.3 Å². The fourth-order valence-corrected chi connectivity index (χ4v) is 2.29. The van der Waals surface area contributed by atoms with E-state index in [1.54, 1.807) is 0 Å². The molecule has 0 aromatic carbocycles. The summed E-state index contributed by atoms with van der Waals surface area (Å²) >= 11 is -1.25. The van der Waals surface area contributed by atoms with E-state index in [-0.39, 0.29) is 5.54 Å². The topological polar surface area (TPSA) is 32.8 Å². The van der Waals surface area contributed by atoms with Crippen LogP contribution in [0.5, 0.6) is 0 Å². The average molecular weight is 220 g/mol. The maximum Gasteiger partial charge on any atom is 0.236 e. The molecule has 14 heavy (non-hydrogen) atoms. The average Bonchev–Trinajstić information content (AvgIpc) is 2.15. The molecule has 1 aliphatic rings. The number of nitrogens with zero attached hydrogens (tertiary/aromatic N) is 2. The van der Waals surface area contributed by atoms with Gasteiger partial charge in [0.2, 0.25) is 11.3 Å². The van der Waals surface area contributed by atoms with Crippen molar-refractivity contribution in [3.05, 3.63) is 0 Å². The molecule has 0 saturated carbocycles. The first kappa shape index (κ1) is 12.1. The van der Waals surface area contributed by atoms with Crippen LogP contribution in [0.4, 0.5) is 0 Å². The molecule has 1 fully saturated rings. The van der Waals surface area contributed by atoms with Crippen LogP contribution in [-0.2, 0) is 15.4 Å². The van der Waals surface area contributed by atoms with Gasteiger partial charge < -0.3 is 0 Å². The highest BCUT2D eigenvalue weighted by molar-refractivity contribution is 7.77. The van der Waals surface area contributed by atoms with Crippen LogP contribution in [0, 0.1) is 0 Å². The molecule has 0 aliphatic carbocycles. The Morgan fingerprint density at radius 3 is 2.00 bits per heavy atom. The van der Waals surface area contributed by atoms with Crippen LogP contribution < -0.4 is 0 Å². The number of hydrogen-bond acceptors (Lipinski definition) is 3. The van der Waals surface area contributed by atoms with Gasteiger partial charge >= 0.3 is 0 Å². The molecule has 0 N–H and O–H groups in total. The summed E-state index contributed by atoms with van der Waals surface area (Å²) in [5.74, 6) is 0. The standard InChI is InChI=1S/C9H20N2O2S/c1-9(2,3)10-5-7-11(8-6-10)14(12)13-4/h5-8H2,1-4H3.